The Morgan fingerprint density at radius 2 is 1.84 bits per heavy atom. The first-order valence-electron chi connectivity index (χ1n) is 7.36. The number of nitrogens with zero attached hydrogens (tertiary/aromatic N) is 1. The van der Waals surface area contributed by atoms with Gasteiger partial charge in [-0.05, 0) is 19.3 Å². The van der Waals surface area contributed by atoms with E-state index in [1.807, 2.05) is 6.92 Å². The van der Waals surface area contributed by atoms with Crippen LogP contribution in [0, 0.1) is 5.92 Å². The second kappa shape index (κ2) is 12.2. The lowest BCUT2D eigenvalue weighted by Crippen LogP contribution is -2.46. The highest BCUT2D eigenvalue weighted by atomic mass is 16.5. The van der Waals surface area contributed by atoms with Crippen molar-refractivity contribution in [1.29, 1.82) is 0 Å². The van der Waals surface area contributed by atoms with Gasteiger partial charge in [-0.15, -0.1) is 0 Å². The van der Waals surface area contributed by atoms with Crippen molar-refractivity contribution >= 4 is 5.96 Å². The van der Waals surface area contributed by atoms with E-state index in [2.05, 4.69) is 29.6 Å². The third-order valence-corrected chi connectivity index (χ3v) is 2.90. The zero-order chi connectivity index (χ0) is 14.5. The maximum atomic E-state index is 5.43. The van der Waals surface area contributed by atoms with E-state index in [0.717, 1.165) is 18.9 Å². The van der Waals surface area contributed by atoms with Crippen molar-refractivity contribution in [2.45, 2.75) is 58.9 Å². The second-order valence-corrected chi connectivity index (χ2v) is 5.47. The SMILES string of the molecule is COCC(C)NC(=NCCCCCCC(C)C)NN. The second-order valence-electron chi connectivity index (χ2n) is 5.47. The highest BCUT2D eigenvalue weighted by Crippen LogP contribution is 2.09. The van der Waals surface area contributed by atoms with Gasteiger partial charge in [0.15, 0.2) is 0 Å². The summed E-state index contributed by atoms with van der Waals surface area (Å²) in [5.74, 6) is 6.89. The first-order chi connectivity index (χ1) is 9.10. The van der Waals surface area contributed by atoms with Crippen LogP contribution >= 0.6 is 0 Å². The molecule has 114 valence electrons. The number of ether oxygens (including phenoxy) is 1. The Hall–Kier alpha value is -0.810. The number of aliphatic imine (C=N–C) groups is 1. The molecule has 0 spiro atoms. The molecule has 0 aliphatic heterocycles. The van der Waals surface area contributed by atoms with Gasteiger partial charge >= 0.3 is 0 Å². The molecule has 0 aliphatic carbocycles. The van der Waals surface area contributed by atoms with Gasteiger partial charge in [-0.25, -0.2) is 5.84 Å². The number of hydrogen-bond donors (Lipinski definition) is 3. The predicted molar refractivity (Wildman–Crippen MR) is 82.0 cm³/mol. The molecule has 5 heteroatoms. The molecule has 0 saturated carbocycles. The molecule has 0 heterocycles. The summed E-state index contributed by atoms with van der Waals surface area (Å²) in [5.41, 5.74) is 2.59. The van der Waals surface area contributed by atoms with Crippen LogP contribution in [0.15, 0.2) is 4.99 Å². The van der Waals surface area contributed by atoms with E-state index in [1.165, 1.54) is 25.7 Å². The summed E-state index contributed by atoms with van der Waals surface area (Å²) in [7, 11) is 1.68. The van der Waals surface area contributed by atoms with E-state index in [-0.39, 0.29) is 6.04 Å². The third kappa shape index (κ3) is 12.0. The number of unbranched alkanes of at least 4 members (excludes halogenated alkanes) is 3. The van der Waals surface area contributed by atoms with E-state index in [1.54, 1.807) is 7.11 Å². The molecule has 1 atom stereocenters. The summed E-state index contributed by atoms with van der Waals surface area (Å²) in [5, 5.41) is 3.17. The van der Waals surface area contributed by atoms with Crippen molar-refractivity contribution in [3.63, 3.8) is 0 Å². The Labute approximate surface area is 118 Å². The topological polar surface area (TPSA) is 71.7 Å². The molecule has 0 aromatic carbocycles. The minimum absolute atomic E-state index is 0.200. The van der Waals surface area contributed by atoms with Crippen LogP contribution in [0.4, 0.5) is 0 Å². The van der Waals surface area contributed by atoms with Gasteiger partial charge in [0, 0.05) is 19.7 Å². The highest BCUT2D eigenvalue weighted by molar-refractivity contribution is 5.79. The van der Waals surface area contributed by atoms with Gasteiger partial charge in [0.25, 0.3) is 0 Å². The summed E-state index contributed by atoms with van der Waals surface area (Å²) in [6.07, 6.45) is 6.30. The molecule has 0 radical (unpaired) electrons. The fourth-order valence-corrected chi connectivity index (χ4v) is 1.87. The molecule has 4 N–H and O–H groups in total. The van der Waals surface area contributed by atoms with Gasteiger partial charge in [0.05, 0.1) is 6.61 Å². The number of nitrogens with one attached hydrogen (secondary N) is 2. The molecule has 0 aliphatic rings. The largest absolute Gasteiger partial charge is 0.383 e. The van der Waals surface area contributed by atoms with Gasteiger partial charge in [-0.3, -0.25) is 10.4 Å². The normalized spacial score (nSPS) is 13.7. The number of guanidine groups is 1. The Bertz CT molecular complexity index is 231. The molecule has 19 heavy (non-hydrogen) atoms. The molecule has 0 saturated heterocycles. The number of methoxy groups -OCH3 is 1. The number of nitrogens with two attached hydrogens (primary N) is 1. The molecular weight excluding hydrogens is 240 g/mol. The molecular formula is C14H32N4O. The van der Waals surface area contributed by atoms with E-state index in [4.69, 9.17) is 10.6 Å². The van der Waals surface area contributed by atoms with Crippen molar-refractivity contribution in [3.05, 3.63) is 0 Å². The Kier molecular flexibility index (Phi) is 11.7. The average molecular weight is 272 g/mol. The fourth-order valence-electron chi connectivity index (χ4n) is 1.87. The number of hydrogen-bond acceptors (Lipinski definition) is 3. The maximum absolute atomic E-state index is 5.43. The van der Waals surface area contributed by atoms with Crippen LogP contribution in [-0.4, -0.2) is 32.3 Å². The monoisotopic (exact) mass is 272 g/mol. The van der Waals surface area contributed by atoms with Crippen molar-refractivity contribution in [1.82, 2.24) is 10.7 Å². The van der Waals surface area contributed by atoms with Crippen LogP contribution in [-0.2, 0) is 4.74 Å². The first kappa shape index (κ1) is 18.2. The van der Waals surface area contributed by atoms with Crippen molar-refractivity contribution < 1.29 is 4.74 Å². The molecule has 0 rings (SSSR count). The quantitative estimate of drug-likeness (QED) is 0.187. The molecule has 0 bridgehead atoms. The standard InChI is InChI=1S/C14H32N4O/c1-12(2)9-7-5-6-8-10-16-14(18-15)17-13(3)11-19-4/h12-13H,5-11,15H2,1-4H3,(H2,16,17,18). The van der Waals surface area contributed by atoms with Crippen LogP contribution < -0.4 is 16.6 Å². The minimum atomic E-state index is 0.200. The van der Waals surface area contributed by atoms with Crippen molar-refractivity contribution in [2.75, 3.05) is 20.3 Å². The van der Waals surface area contributed by atoms with Crippen LogP contribution in [0.3, 0.4) is 0 Å². The highest BCUT2D eigenvalue weighted by Gasteiger charge is 2.03. The molecule has 0 aromatic heterocycles. The van der Waals surface area contributed by atoms with Crippen LogP contribution in [0.25, 0.3) is 0 Å². The van der Waals surface area contributed by atoms with E-state index in [0.29, 0.717) is 12.6 Å². The Morgan fingerprint density at radius 1 is 1.16 bits per heavy atom. The van der Waals surface area contributed by atoms with Gasteiger partial charge in [-0.1, -0.05) is 39.5 Å². The lowest BCUT2D eigenvalue weighted by Gasteiger charge is -2.15. The summed E-state index contributed by atoms with van der Waals surface area (Å²) in [4.78, 5) is 4.41. The summed E-state index contributed by atoms with van der Waals surface area (Å²) >= 11 is 0. The lowest BCUT2D eigenvalue weighted by molar-refractivity contribution is 0.179. The predicted octanol–water partition coefficient (Wildman–Crippen LogP) is 2.04. The zero-order valence-electron chi connectivity index (χ0n) is 13.0. The average Bonchev–Trinajstić information content (AvgIpc) is 2.36. The van der Waals surface area contributed by atoms with Crippen LogP contribution in [0.2, 0.25) is 0 Å². The zero-order valence-corrected chi connectivity index (χ0v) is 13.0. The van der Waals surface area contributed by atoms with Gasteiger partial charge < -0.3 is 10.1 Å². The minimum Gasteiger partial charge on any atom is -0.383 e. The number of hydrazine groups is 1. The van der Waals surface area contributed by atoms with Crippen molar-refractivity contribution in [2.24, 2.45) is 16.8 Å². The maximum Gasteiger partial charge on any atom is 0.206 e. The van der Waals surface area contributed by atoms with Gasteiger partial charge in [0.1, 0.15) is 0 Å². The summed E-state index contributed by atoms with van der Waals surface area (Å²) in [6, 6.07) is 0.200. The number of rotatable bonds is 10. The molecule has 0 amide bonds. The van der Waals surface area contributed by atoms with Crippen molar-refractivity contribution in [3.8, 4) is 0 Å². The van der Waals surface area contributed by atoms with Crippen LogP contribution in [0.5, 0.6) is 0 Å². The van der Waals surface area contributed by atoms with E-state index < -0.39 is 0 Å². The fraction of sp³-hybridized carbons (Fsp3) is 0.929. The van der Waals surface area contributed by atoms with Gasteiger partial charge in [0.2, 0.25) is 5.96 Å². The molecule has 0 fully saturated rings. The summed E-state index contributed by atoms with van der Waals surface area (Å²) < 4.78 is 5.05. The summed E-state index contributed by atoms with van der Waals surface area (Å²) in [6.45, 7) is 8.03. The smallest absolute Gasteiger partial charge is 0.206 e. The third-order valence-electron chi connectivity index (χ3n) is 2.90. The molecule has 5 nitrogen and oxygen atoms in total. The lowest BCUT2D eigenvalue weighted by atomic mass is 10.0. The molecule has 1 unspecified atom stereocenters. The van der Waals surface area contributed by atoms with E-state index >= 15 is 0 Å². The van der Waals surface area contributed by atoms with Crippen LogP contribution in [0.1, 0.15) is 52.9 Å². The molecule has 0 aromatic rings. The van der Waals surface area contributed by atoms with E-state index in [9.17, 15) is 0 Å². The first-order valence-corrected chi connectivity index (χ1v) is 7.36. The Morgan fingerprint density at radius 3 is 2.42 bits per heavy atom. The van der Waals surface area contributed by atoms with Gasteiger partial charge in [-0.2, -0.15) is 0 Å². The Balaban J connectivity index is 3.64.